The van der Waals surface area contributed by atoms with Gasteiger partial charge in [0.1, 0.15) is 24.0 Å². The lowest BCUT2D eigenvalue weighted by molar-refractivity contribution is -0.116. The third kappa shape index (κ3) is 3.20. The lowest BCUT2D eigenvalue weighted by atomic mass is 10.1. The first-order chi connectivity index (χ1) is 8.65. The van der Waals surface area contributed by atoms with Gasteiger partial charge in [-0.1, -0.05) is 12.1 Å². The highest BCUT2D eigenvalue weighted by atomic mass is 16.5. The number of hydrogen-bond donors (Lipinski definition) is 0. The normalized spacial score (nSPS) is 10.3. The van der Waals surface area contributed by atoms with Gasteiger partial charge in [0, 0.05) is 25.9 Å². The van der Waals surface area contributed by atoms with E-state index in [0.717, 1.165) is 17.1 Å². The van der Waals surface area contributed by atoms with Crippen molar-refractivity contribution in [3.63, 3.8) is 0 Å². The molecule has 0 saturated heterocycles. The Hall–Kier alpha value is -2.10. The van der Waals surface area contributed by atoms with E-state index in [9.17, 15) is 4.79 Å². The molecular weight excluding hydrogens is 228 g/mol. The van der Waals surface area contributed by atoms with Crippen LogP contribution in [0, 0.1) is 0 Å². The van der Waals surface area contributed by atoms with Crippen LogP contribution in [0.3, 0.4) is 0 Å². The molecule has 2 aromatic rings. The zero-order valence-corrected chi connectivity index (χ0v) is 10.6. The third-order valence-electron chi connectivity index (χ3n) is 2.67. The highest BCUT2D eigenvalue weighted by Crippen LogP contribution is 2.14. The second-order valence-corrected chi connectivity index (χ2v) is 4.27. The van der Waals surface area contributed by atoms with Crippen LogP contribution in [-0.2, 0) is 24.9 Å². The van der Waals surface area contributed by atoms with Crippen molar-refractivity contribution in [1.82, 2.24) is 9.55 Å². The molecule has 4 heteroatoms. The molecule has 94 valence electrons. The second-order valence-electron chi connectivity index (χ2n) is 4.27. The van der Waals surface area contributed by atoms with Gasteiger partial charge in [0.05, 0.1) is 0 Å². The van der Waals surface area contributed by atoms with E-state index >= 15 is 0 Å². The van der Waals surface area contributed by atoms with Crippen LogP contribution >= 0.6 is 0 Å². The third-order valence-corrected chi connectivity index (χ3v) is 2.67. The first kappa shape index (κ1) is 12.4. The van der Waals surface area contributed by atoms with Crippen molar-refractivity contribution in [2.45, 2.75) is 20.0 Å². The van der Waals surface area contributed by atoms with E-state index in [2.05, 4.69) is 4.98 Å². The number of nitrogens with zero attached hydrogens (tertiary/aromatic N) is 2. The number of imidazole rings is 1. The van der Waals surface area contributed by atoms with Crippen LogP contribution in [0.15, 0.2) is 36.7 Å². The van der Waals surface area contributed by atoms with Gasteiger partial charge in [-0.25, -0.2) is 4.98 Å². The summed E-state index contributed by atoms with van der Waals surface area (Å²) in [4.78, 5) is 15.2. The van der Waals surface area contributed by atoms with Gasteiger partial charge in [-0.15, -0.1) is 0 Å². The summed E-state index contributed by atoms with van der Waals surface area (Å²) in [7, 11) is 1.93. The zero-order valence-electron chi connectivity index (χ0n) is 10.6. The monoisotopic (exact) mass is 244 g/mol. The molecule has 18 heavy (non-hydrogen) atoms. The number of carbonyl (C=O) groups excluding carboxylic acids is 1. The maximum Gasteiger partial charge on any atom is 0.146 e. The van der Waals surface area contributed by atoms with Gasteiger partial charge in [-0.3, -0.25) is 4.79 Å². The molecule has 4 nitrogen and oxygen atoms in total. The maximum atomic E-state index is 11.0. The van der Waals surface area contributed by atoms with Crippen molar-refractivity contribution >= 4 is 5.78 Å². The van der Waals surface area contributed by atoms with E-state index in [4.69, 9.17) is 4.74 Å². The van der Waals surface area contributed by atoms with Crippen LogP contribution < -0.4 is 4.74 Å². The van der Waals surface area contributed by atoms with Crippen LogP contribution in [-0.4, -0.2) is 15.3 Å². The molecule has 0 aliphatic rings. The molecule has 0 radical (unpaired) electrons. The minimum Gasteiger partial charge on any atom is -0.486 e. The lowest BCUT2D eigenvalue weighted by Crippen LogP contribution is -2.03. The van der Waals surface area contributed by atoms with E-state index < -0.39 is 0 Å². The Morgan fingerprint density at radius 2 is 2.06 bits per heavy atom. The van der Waals surface area contributed by atoms with E-state index in [1.165, 1.54) is 0 Å². The number of ketones is 1. The van der Waals surface area contributed by atoms with Crippen molar-refractivity contribution in [3.8, 4) is 5.75 Å². The van der Waals surface area contributed by atoms with Gasteiger partial charge in [0.2, 0.25) is 0 Å². The maximum absolute atomic E-state index is 11.0. The summed E-state index contributed by atoms with van der Waals surface area (Å²) in [6, 6.07) is 7.58. The fraction of sp³-hybridized carbons (Fsp3) is 0.286. The minimum atomic E-state index is 0.164. The quantitative estimate of drug-likeness (QED) is 0.809. The molecule has 1 heterocycles. The molecule has 0 unspecified atom stereocenters. The fourth-order valence-corrected chi connectivity index (χ4v) is 1.67. The lowest BCUT2D eigenvalue weighted by Gasteiger charge is -2.06. The summed E-state index contributed by atoms with van der Waals surface area (Å²) in [5, 5.41) is 0. The molecule has 0 aliphatic carbocycles. The van der Waals surface area contributed by atoms with E-state index in [1.807, 2.05) is 42.1 Å². The Balaban J connectivity index is 1.94. The van der Waals surface area contributed by atoms with Gasteiger partial charge in [0.15, 0.2) is 0 Å². The SMILES string of the molecule is CC(=O)Cc1ccc(OCc2nccn2C)cc1. The zero-order chi connectivity index (χ0) is 13.0. The number of carbonyl (C=O) groups is 1. The Labute approximate surface area is 106 Å². The first-order valence-corrected chi connectivity index (χ1v) is 5.82. The minimum absolute atomic E-state index is 0.164. The highest BCUT2D eigenvalue weighted by Gasteiger charge is 2.01. The summed E-state index contributed by atoms with van der Waals surface area (Å²) in [5.41, 5.74) is 1.01. The first-order valence-electron chi connectivity index (χ1n) is 5.82. The summed E-state index contributed by atoms with van der Waals surface area (Å²) in [5.74, 6) is 1.82. The highest BCUT2D eigenvalue weighted by molar-refractivity contribution is 5.78. The van der Waals surface area contributed by atoms with E-state index in [0.29, 0.717) is 13.0 Å². The number of rotatable bonds is 5. The van der Waals surface area contributed by atoms with Gasteiger partial charge < -0.3 is 9.30 Å². The Morgan fingerprint density at radius 1 is 1.33 bits per heavy atom. The molecule has 0 fully saturated rings. The van der Waals surface area contributed by atoms with E-state index in [1.54, 1.807) is 13.1 Å². The summed E-state index contributed by atoms with van der Waals surface area (Å²) < 4.78 is 7.54. The van der Waals surface area contributed by atoms with Crippen LogP contribution in [0.1, 0.15) is 18.3 Å². The molecule has 0 saturated carbocycles. The molecule has 1 aromatic carbocycles. The van der Waals surface area contributed by atoms with Crippen molar-refractivity contribution in [3.05, 3.63) is 48.0 Å². The second kappa shape index (κ2) is 5.49. The average Bonchev–Trinajstić information content (AvgIpc) is 2.73. The topological polar surface area (TPSA) is 44.1 Å². The van der Waals surface area contributed by atoms with Gasteiger partial charge in [-0.05, 0) is 24.6 Å². The predicted molar refractivity (Wildman–Crippen MR) is 68.4 cm³/mol. The van der Waals surface area contributed by atoms with Gasteiger partial charge in [0.25, 0.3) is 0 Å². The summed E-state index contributed by atoms with van der Waals surface area (Å²) in [6.07, 6.45) is 4.10. The van der Waals surface area contributed by atoms with Crippen LogP contribution in [0.25, 0.3) is 0 Å². The van der Waals surface area contributed by atoms with Gasteiger partial charge >= 0.3 is 0 Å². The molecule has 0 atom stereocenters. The predicted octanol–water partition coefficient (Wildman–Crippen LogP) is 2.13. The molecule has 0 bridgehead atoms. The van der Waals surface area contributed by atoms with Crippen molar-refractivity contribution in [1.29, 1.82) is 0 Å². The number of hydrogen-bond acceptors (Lipinski definition) is 3. The molecule has 0 aliphatic heterocycles. The molecule has 0 spiro atoms. The molecule has 1 aromatic heterocycles. The fourth-order valence-electron chi connectivity index (χ4n) is 1.67. The smallest absolute Gasteiger partial charge is 0.146 e. The average molecular weight is 244 g/mol. The van der Waals surface area contributed by atoms with Crippen LogP contribution in [0.5, 0.6) is 5.75 Å². The van der Waals surface area contributed by atoms with E-state index in [-0.39, 0.29) is 5.78 Å². The molecule has 2 rings (SSSR count). The Bertz CT molecular complexity index is 529. The standard InChI is InChI=1S/C14H16N2O2/c1-11(17)9-12-3-5-13(6-4-12)18-10-14-15-7-8-16(14)2/h3-8H,9-10H2,1-2H3. The number of benzene rings is 1. The van der Waals surface area contributed by atoms with Crippen molar-refractivity contribution < 1.29 is 9.53 Å². The summed E-state index contributed by atoms with van der Waals surface area (Å²) in [6.45, 7) is 2.03. The molecular formula is C14H16N2O2. The van der Waals surface area contributed by atoms with Crippen molar-refractivity contribution in [2.75, 3.05) is 0 Å². The molecule has 0 amide bonds. The van der Waals surface area contributed by atoms with Crippen LogP contribution in [0.4, 0.5) is 0 Å². The number of Topliss-reactive ketones (excluding diaryl/α,β-unsaturated/α-hetero) is 1. The Morgan fingerprint density at radius 3 is 2.61 bits per heavy atom. The van der Waals surface area contributed by atoms with Gasteiger partial charge in [-0.2, -0.15) is 0 Å². The largest absolute Gasteiger partial charge is 0.486 e. The number of ether oxygens (including phenoxy) is 1. The van der Waals surface area contributed by atoms with Crippen LogP contribution in [0.2, 0.25) is 0 Å². The number of aryl methyl sites for hydroxylation is 1. The summed E-state index contributed by atoms with van der Waals surface area (Å²) >= 11 is 0. The number of aromatic nitrogens is 2. The van der Waals surface area contributed by atoms with Crippen molar-refractivity contribution in [2.24, 2.45) is 7.05 Å². The Kier molecular flexibility index (Phi) is 3.77. The molecule has 0 N–H and O–H groups in total.